The maximum absolute atomic E-state index is 11.3. The average Bonchev–Trinajstić information content (AvgIpc) is 2.53. The molecular weight excluding hydrogens is 276 g/mol. The highest BCUT2D eigenvalue weighted by molar-refractivity contribution is 5.87. The van der Waals surface area contributed by atoms with Crippen molar-refractivity contribution in [3.63, 3.8) is 0 Å². The molecule has 114 valence electrons. The molecule has 0 spiro atoms. The second kappa shape index (κ2) is 8.03. The molecule has 0 unspecified atom stereocenters. The van der Waals surface area contributed by atoms with E-state index in [1.165, 1.54) is 6.08 Å². The Morgan fingerprint density at radius 1 is 1.14 bits per heavy atom. The average molecular weight is 296 g/mol. The lowest BCUT2D eigenvalue weighted by Gasteiger charge is -2.08. The van der Waals surface area contributed by atoms with E-state index in [2.05, 4.69) is 0 Å². The van der Waals surface area contributed by atoms with Gasteiger partial charge in [0, 0.05) is 6.08 Å². The topological polar surface area (TPSA) is 35.5 Å². The van der Waals surface area contributed by atoms with E-state index in [-0.39, 0.29) is 5.97 Å². The summed E-state index contributed by atoms with van der Waals surface area (Å²) in [6.45, 7) is 4.70. The first kappa shape index (κ1) is 15.8. The van der Waals surface area contributed by atoms with Gasteiger partial charge in [-0.05, 0) is 48.7 Å². The zero-order chi connectivity index (χ0) is 15.8. The minimum Gasteiger partial charge on any atom is -0.489 e. The van der Waals surface area contributed by atoms with E-state index < -0.39 is 0 Å². The normalized spacial score (nSPS) is 10.6. The molecule has 0 saturated heterocycles. The fraction of sp³-hybridized carbons (Fsp3) is 0.211. The molecule has 3 heteroatoms. The van der Waals surface area contributed by atoms with Gasteiger partial charge < -0.3 is 9.47 Å². The second-order valence-corrected chi connectivity index (χ2v) is 4.88. The molecule has 22 heavy (non-hydrogen) atoms. The van der Waals surface area contributed by atoms with Crippen molar-refractivity contribution < 1.29 is 14.3 Å². The van der Waals surface area contributed by atoms with E-state index in [0.717, 1.165) is 22.4 Å². The molecule has 2 rings (SSSR count). The van der Waals surface area contributed by atoms with Crippen molar-refractivity contribution in [2.75, 3.05) is 6.61 Å². The van der Waals surface area contributed by atoms with E-state index in [0.29, 0.717) is 13.2 Å². The molecule has 0 radical (unpaired) electrons. The fourth-order valence-electron chi connectivity index (χ4n) is 2.01. The molecule has 0 saturated carbocycles. The number of hydrogen-bond acceptors (Lipinski definition) is 3. The van der Waals surface area contributed by atoms with Crippen LogP contribution in [0.5, 0.6) is 5.75 Å². The van der Waals surface area contributed by atoms with Crippen LogP contribution >= 0.6 is 0 Å². The first-order chi connectivity index (χ1) is 10.7. The van der Waals surface area contributed by atoms with Crippen molar-refractivity contribution in [3.8, 4) is 5.75 Å². The van der Waals surface area contributed by atoms with Crippen LogP contribution in [0.1, 0.15) is 23.6 Å². The summed E-state index contributed by atoms with van der Waals surface area (Å²) in [7, 11) is 0. The smallest absolute Gasteiger partial charge is 0.330 e. The first-order valence-corrected chi connectivity index (χ1v) is 7.31. The Balaban J connectivity index is 1.98. The highest BCUT2D eigenvalue weighted by Gasteiger charge is 2.01. The monoisotopic (exact) mass is 296 g/mol. The Morgan fingerprint density at radius 3 is 2.59 bits per heavy atom. The largest absolute Gasteiger partial charge is 0.489 e. The summed E-state index contributed by atoms with van der Waals surface area (Å²) in [5.74, 6) is 0.487. The van der Waals surface area contributed by atoms with Gasteiger partial charge in [0.15, 0.2) is 0 Å². The Hall–Kier alpha value is -2.55. The number of ether oxygens (including phenoxy) is 2. The molecule has 0 N–H and O–H groups in total. The number of carbonyl (C=O) groups excluding carboxylic acids is 1. The van der Waals surface area contributed by atoms with Crippen molar-refractivity contribution in [1.82, 2.24) is 0 Å². The minimum atomic E-state index is -0.327. The Labute approximate surface area is 131 Å². The van der Waals surface area contributed by atoms with E-state index in [4.69, 9.17) is 9.47 Å². The molecule has 0 aliphatic heterocycles. The number of aryl methyl sites for hydroxylation is 1. The fourth-order valence-corrected chi connectivity index (χ4v) is 2.01. The predicted octanol–water partition coefficient (Wildman–Crippen LogP) is 4.15. The van der Waals surface area contributed by atoms with Crippen LogP contribution in [0, 0.1) is 6.92 Å². The summed E-state index contributed by atoms with van der Waals surface area (Å²) in [5.41, 5.74) is 3.15. The molecule has 0 fully saturated rings. The van der Waals surface area contributed by atoms with Crippen molar-refractivity contribution in [3.05, 3.63) is 71.3 Å². The molecule has 0 atom stereocenters. The van der Waals surface area contributed by atoms with Crippen LogP contribution in [0.4, 0.5) is 0 Å². The second-order valence-electron chi connectivity index (χ2n) is 4.88. The molecule has 3 nitrogen and oxygen atoms in total. The molecule has 0 heterocycles. The Bertz CT molecular complexity index is 645. The minimum absolute atomic E-state index is 0.327. The summed E-state index contributed by atoms with van der Waals surface area (Å²) in [5, 5.41) is 0. The van der Waals surface area contributed by atoms with Crippen LogP contribution in [0.15, 0.2) is 54.6 Å². The number of hydrogen-bond donors (Lipinski definition) is 0. The highest BCUT2D eigenvalue weighted by Crippen LogP contribution is 2.19. The number of carbonyl (C=O) groups is 1. The van der Waals surface area contributed by atoms with Crippen molar-refractivity contribution >= 4 is 12.0 Å². The summed E-state index contributed by atoms with van der Waals surface area (Å²) in [6.07, 6.45) is 3.20. The van der Waals surface area contributed by atoms with Crippen LogP contribution in [-0.4, -0.2) is 12.6 Å². The summed E-state index contributed by atoms with van der Waals surface area (Å²) >= 11 is 0. The lowest BCUT2D eigenvalue weighted by molar-refractivity contribution is -0.137. The quantitative estimate of drug-likeness (QED) is 0.593. The number of rotatable bonds is 6. The van der Waals surface area contributed by atoms with Crippen LogP contribution in [0.25, 0.3) is 6.08 Å². The van der Waals surface area contributed by atoms with Crippen molar-refractivity contribution in [1.29, 1.82) is 0 Å². The van der Waals surface area contributed by atoms with Crippen molar-refractivity contribution in [2.24, 2.45) is 0 Å². The Morgan fingerprint density at radius 2 is 1.91 bits per heavy atom. The number of benzene rings is 2. The van der Waals surface area contributed by atoms with E-state index >= 15 is 0 Å². The summed E-state index contributed by atoms with van der Waals surface area (Å²) in [6, 6.07) is 15.8. The van der Waals surface area contributed by atoms with E-state index in [9.17, 15) is 4.79 Å². The van der Waals surface area contributed by atoms with Crippen LogP contribution in [0.2, 0.25) is 0 Å². The van der Waals surface area contributed by atoms with Gasteiger partial charge in [-0.15, -0.1) is 0 Å². The van der Waals surface area contributed by atoms with Gasteiger partial charge in [0.25, 0.3) is 0 Å². The summed E-state index contributed by atoms with van der Waals surface area (Å²) in [4.78, 5) is 11.3. The van der Waals surface area contributed by atoms with E-state index in [1.54, 1.807) is 13.0 Å². The van der Waals surface area contributed by atoms with Crippen LogP contribution in [0.3, 0.4) is 0 Å². The summed E-state index contributed by atoms with van der Waals surface area (Å²) < 4.78 is 10.6. The molecule has 2 aromatic rings. The van der Waals surface area contributed by atoms with Crippen molar-refractivity contribution in [2.45, 2.75) is 20.5 Å². The molecule has 0 aromatic heterocycles. The van der Waals surface area contributed by atoms with Crippen LogP contribution in [-0.2, 0) is 16.1 Å². The maximum Gasteiger partial charge on any atom is 0.330 e. The third kappa shape index (κ3) is 4.77. The molecule has 0 bridgehead atoms. The standard InChI is InChI=1S/C19H20O3/c1-3-21-19(20)12-10-17-9-11-18(13-15(17)2)22-14-16-7-5-4-6-8-16/h4-13H,3,14H2,1-2H3. The van der Waals surface area contributed by atoms with Gasteiger partial charge in [-0.25, -0.2) is 4.79 Å². The molecule has 0 amide bonds. The third-order valence-corrected chi connectivity index (χ3v) is 3.18. The van der Waals surface area contributed by atoms with Gasteiger partial charge >= 0.3 is 5.97 Å². The lowest BCUT2D eigenvalue weighted by Crippen LogP contribution is -1.99. The third-order valence-electron chi connectivity index (χ3n) is 3.18. The molecular formula is C19H20O3. The van der Waals surface area contributed by atoms with Gasteiger partial charge in [-0.2, -0.15) is 0 Å². The van der Waals surface area contributed by atoms with Gasteiger partial charge in [0.05, 0.1) is 6.61 Å². The maximum atomic E-state index is 11.3. The highest BCUT2D eigenvalue weighted by atomic mass is 16.5. The predicted molar refractivity (Wildman–Crippen MR) is 87.6 cm³/mol. The SMILES string of the molecule is CCOC(=O)C=Cc1ccc(OCc2ccccc2)cc1C. The molecule has 0 aliphatic rings. The lowest BCUT2D eigenvalue weighted by atomic mass is 10.1. The Kier molecular flexibility index (Phi) is 5.78. The zero-order valence-corrected chi connectivity index (χ0v) is 12.9. The van der Waals surface area contributed by atoms with E-state index in [1.807, 2.05) is 55.5 Å². The molecule has 0 aliphatic carbocycles. The zero-order valence-electron chi connectivity index (χ0n) is 12.9. The first-order valence-electron chi connectivity index (χ1n) is 7.31. The van der Waals surface area contributed by atoms with Gasteiger partial charge in [0.1, 0.15) is 12.4 Å². The van der Waals surface area contributed by atoms with Gasteiger partial charge in [0.2, 0.25) is 0 Å². The van der Waals surface area contributed by atoms with Gasteiger partial charge in [-0.1, -0.05) is 36.4 Å². The number of esters is 1. The molecule has 2 aromatic carbocycles. The van der Waals surface area contributed by atoms with Crippen LogP contribution < -0.4 is 4.74 Å². The van der Waals surface area contributed by atoms with Gasteiger partial charge in [-0.3, -0.25) is 0 Å².